The number of halogens is 1. The van der Waals surface area contributed by atoms with E-state index in [1.165, 1.54) is 29.3 Å². The molecule has 1 aliphatic carbocycles. The third kappa shape index (κ3) is 4.81. The van der Waals surface area contributed by atoms with Crippen LogP contribution in [-0.4, -0.2) is 14.3 Å². The zero-order valence-electron chi connectivity index (χ0n) is 18.0. The van der Waals surface area contributed by atoms with Crippen LogP contribution < -0.4 is 10.0 Å². The molecule has 1 amide bonds. The van der Waals surface area contributed by atoms with E-state index in [-0.39, 0.29) is 27.4 Å². The summed E-state index contributed by atoms with van der Waals surface area (Å²) in [6.45, 7) is 3.84. The number of carbonyl (C=O) groups excluding carboxylic acids is 1. The fourth-order valence-electron chi connectivity index (χ4n) is 3.91. The molecule has 0 bridgehead atoms. The molecular formula is C25H25ClN2O3S. The molecule has 3 aromatic rings. The van der Waals surface area contributed by atoms with Crippen molar-refractivity contribution in [2.75, 3.05) is 4.72 Å². The van der Waals surface area contributed by atoms with Crippen molar-refractivity contribution in [2.45, 2.75) is 44.0 Å². The Kier molecular flexibility index (Phi) is 6.26. The molecule has 2 N–H and O–H groups in total. The van der Waals surface area contributed by atoms with Crippen molar-refractivity contribution in [3.05, 3.63) is 93.5 Å². The number of aryl methyl sites for hydroxylation is 3. The van der Waals surface area contributed by atoms with E-state index in [0.717, 1.165) is 30.4 Å². The average Bonchev–Trinajstić information content (AvgIpc) is 3.23. The van der Waals surface area contributed by atoms with Gasteiger partial charge in [-0.1, -0.05) is 47.5 Å². The minimum absolute atomic E-state index is 0.0489. The second kappa shape index (κ2) is 8.96. The summed E-state index contributed by atoms with van der Waals surface area (Å²) in [5, 5.41) is 3.01. The molecule has 0 aliphatic heterocycles. The molecule has 0 saturated carbocycles. The number of anilines is 1. The number of hydrogen-bond donors (Lipinski definition) is 2. The predicted octanol–water partition coefficient (Wildman–Crippen LogP) is 5.43. The first-order chi connectivity index (χ1) is 15.2. The molecule has 4 rings (SSSR count). The molecule has 0 fully saturated rings. The highest BCUT2D eigenvalue weighted by molar-refractivity contribution is 7.92. The lowest BCUT2D eigenvalue weighted by atomic mass is 10.0. The molecule has 7 heteroatoms. The maximum absolute atomic E-state index is 12.9. The fourth-order valence-corrected chi connectivity index (χ4v) is 5.49. The van der Waals surface area contributed by atoms with Crippen molar-refractivity contribution >= 4 is 33.2 Å². The van der Waals surface area contributed by atoms with Crippen molar-refractivity contribution in [2.24, 2.45) is 0 Å². The SMILES string of the molecule is Cc1ccc(NS(=O)(=O)c2cc(C(=O)N[C@@H](C)c3ccc4c(c3)CCC4)ccc2Cl)cc1. The lowest BCUT2D eigenvalue weighted by molar-refractivity contribution is 0.0939. The number of nitrogens with one attached hydrogen (secondary N) is 2. The summed E-state index contributed by atoms with van der Waals surface area (Å²) in [5.74, 6) is -0.360. The van der Waals surface area contributed by atoms with Crippen molar-refractivity contribution in [1.29, 1.82) is 0 Å². The van der Waals surface area contributed by atoms with Gasteiger partial charge in [0.15, 0.2) is 0 Å². The number of benzene rings is 3. The smallest absolute Gasteiger partial charge is 0.263 e. The van der Waals surface area contributed by atoms with Crippen LogP contribution in [0.15, 0.2) is 65.6 Å². The summed E-state index contributed by atoms with van der Waals surface area (Å²) in [6, 6.07) is 17.3. The molecule has 0 radical (unpaired) electrons. The Labute approximate surface area is 193 Å². The lowest BCUT2D eigenvalue weighted by Gasteiger charge is -2.16. The van der Waals surface area contributed by atoms with Crippen LogP contribution in [0.5, 0.6) is 0 Å². The third-order valence-corrected chi connectivity index (χ3v) is 7.62. The highest BCUT2D eigenvalue weighted by atomic mass is 35.5. The molecule has 0 aromatic heterocycles. The summed E-state index contributed by atoms with van der Waals surface area (Å²) >= 11 is 6.18. The highest BCUT2D eigenvalue weighted by Crippen LogP contribution is 2.27. The van der Waals surface area contributed by atoms with Gasteiger partial charge in [-0.15, -0.1) is 0 Å². The van der Waals surface area contributed by atoms with Gasteiger partial charge in [-0.3, -0.25) is 9.52 Å². The molecule has 0 heterocycles. The van der Waals surface area contributed by atoms with Gasteiger partial charge in [0.1, 0.15) is 4.90 Å². The fraction of sp³-hybridized carbons (Fsp3) is 0.240. The number of carbonyl (C=O) groups is 1. The quantitative estimate of drug-likeness (QED) is 0.506. The Morgan fingerprint density at radius 1 is 0.969 bits per heavy atom. The van der Waals surface area contributed by atoms with E-state index in [1.807, 2.05) is 32.0 Å². The molecule has 0 unspecified atom stereocenters. The molecule has 0 saturated heterocycles. The van der Waals surface area contributed by atoms with Gasteiger partial charge in [-0.05, 0) is 80.1 Å². The molecule has 1 aliphatic rings. The Morgan fingerprint density at radius 3 is 2.44 bits per heavy atom. The summed E-state index contributed by atoms with van der Waals surface area (Å²) < 4.78 is 28.3. The standard InChI is InChI=1S/C25H25ClN2O3S/c1-16-6-11-22(12-7-16)28-32(30,31)24-15-21(10-13-23(24)26)25(29)27-17(2)19-9-8-18-4-3-5-20(18)14-19/h6-15,17,28H,3-5H2,1-2H3,(H,27,29)/t17-/m0/s1. The number of sulfonamides is 1. The summed E-state index contributed by atoms with van der Waals surface area (Å²) in [6.07, 6.45) is 3.34. The van der Waals surface area contributed by atoms with Crippen LogP contribution >= 0.6 is 11.6 Å². The first kappa shape index (κ1) is 22.4. The van der Waals surface area contributed by atoms with Crippen LogP contribution in [-0.2, 0) is 22.9 Å². The first-order valence-electron chi connectivity index (χ1n) is 10.5. The highest BCUT2D eigenvalue weighted by Gasteiger charge is 2.22. The Bertz CT molecular complexity index is 1270. The molecular weight excluding hydrogens is 444 g/mol. The molecule has 32 heavy (non-hydrogen) atoms. The molecule has 1 atom stereocenters. The van der Waals surface area contributed by atoms with Gasteiger partial charge < -0.3 is 5.32 Å². The van der Waals surface area contributed by atoms with E-state index < -0.39 is 10.0 Å². The zero-order valence-corrected chi connectivity index (χ0v) is 19.6. The predicted molar refractivity (Wildman–Crippen MR) is 128 cm³/mol. The normalized spacial score (nSPS) is 14.0. The van der Waals surface area contributed by atoms with Gasteiger partial charge in [-0.25, -0.2) is 8.42 Å². The number of amides is 1. The summed E-state index contributed by atoms with van der Waals surface area (Å²) in [7, 11) is -3.96. The maximum Gasteiger partial charge on any atom is 0.263 e. The number of hydrogen-bond acceptors (Lipinski definition) is 3. The van der Waals surface area contributed by atoms with Crippen molar-refractivity contribution in [3.63, 3.8) is 0 Å². The van der Waals surface area contributed by atoms with Gasteiger partial charge in [0.05, 0.1) is 11.1 Å². The number of fused-ring (bicyclic) bond motifs is 1. The largest absolute Gasteiger partial charge is 0.346 e. The van der Waals surface area contributed by atoms with E-state index in [9.17, 15) is 13.2 Å². The van der Waals surface area contributed by atoms with Crippen molar-refractivity contribution < 1.29 is 13.2 Å². The average molecular weight is 469 g/mol. The minimum atomic E-state index is -3.96. The van der Waals surface area contributed by atoms with E-state index >= 15 is 0 Å². The van der Waals surface area contributed by atoms with Gasteiger partial charge in [-0.2, -0.15) is 0 Å². The third-order valence-electron chi connectivity index (χ3n) is 5.76. The van der Waals surface area contributed by atoms with Crippen molar-refractivity contribution in [1.82, 2.24) is 5.32 Å². The van der Waals surface area contributed by atoms with E-state index in [4.69, 9.17) is 11.6 Å². The van der Waals surface area contributed by atoms with E-state index in [1.54, 1.807) is 12.1 Å². The topological polar surface area (TPSA) is 75.3 Å². The van der Waals surface area contributed by atoms with Gasteiger partial charge in [0.25, 0.3) is 15.9 Å². The maximum atomic E-state index is 12.9. The monoisotopic (exact) mass is 468 g/mol. The van der Waals surface area contributed by atoms with E-state index in [0.29, 0.717) is 5.69 Å². The second-order valence-electron chi connectivity index (χ2n) is 8.19. The minimum Gasteiger partial charge on any atom is -0.346 e. The van der Waals surface area contributed by atoms with Gasteiger partial charge in [0, 0.05) is 11.3 Å². The zero-order chi connectivity index (χ0) is 22.9. The van der Waals surface area contributed by atoms with Crippen LogP contribution in [0.4, 0.5) is 5.69 Å². The van der Waals surface area contributed by atoms with Gasteiger partial charge in [0.2, 0.25) is 0 Å². The van der Waals surface area contributed by atoms with Crippen LogP contribution in [0.25, 0.3) is 0 Å². The molecule has 166 valence electrons. The Morgan fingerprint density at radius 2 is 1.69 bits per heavy atom. The van der Waals surface area contributed by atoms with E-state index in [2.05, 4.69) is 22.2 Å². The van der Waals surface area contributed by atoms with Crippen LogP contribution in [0.1, 0.15) is 52.0 Å². The lowest BCUT2D eigenvalue weighted by Crippen LogP contribution is -2.27. The van der Waals surface area contributed by atoms with Gasteiger partial charge >= 0.3 is 0 Å². The van der Waals surface area contributed by atoms with Crippen molar-refractivity contribution in [3.8, 4) is 0 Å². The number of rotatable bonds is 6. The molecule has 5 nitrogen and oxygen atoms in total. The summed E-state index contributed by atoms with van der Waals surface area (Å²) in [5.41, 5.74) is 5.41. The second-order valence-corrected chi connectivity index (χ2v) is 10.3. The Hall–Kier alpha value is -2.83. The Balaban J connectivity index is 1.53. The first-order valence-corrected chi connectivity index (χ1v) is 12.4. The van der Waals surface area contributed by atoms with Crippen LogP contribution in [0.2, 0.25) is 5.02 Å². The van der Waals surface area contributed by atoms with Crippen LogP contribution in [0.3, 0.4) is 0 Å². The summed E-state index contributed by atoms with van der Waals surface area (Å²) in [4.78, 5) is 12.7. The molecule has 0 spiro atoms. The molecule has 3 aromatic carbocycles. The van der Waals surface area contributed by atoms with Crippen LogP contribution in [0, 0.1) is 6.92 Å².